The fraction of sp³-hybridized carbons (Fsp3) is 0.333. The SMILES string of the molecule is Cc1ccc(NC(=O)N2CCC(C(=O)CC3c4ccccc4/C(=C/N)N3N)CC2)cc1. The van der Waals surface area contributed by atoms with Crippen LogP contribution in [0.1, 0.15) is 42.0 Å². The summed E-state index contributed by atoms with van der Waals surface area (Å²) in [6, 6.07) is 15.3. The first-order valence-electron chi connectivity index (χ1n) is 10.7. The molecule has 31 heavy (non-hydrogen) atoms. The van der Waals surface area contributed by atoms with Gasteiger partial charge in [-0.05, 0) is 37.5 Å². The van der Waals surface area contributed by atoms with E-state index in [1.807, 2.05) is 55.5 Å². The van der Waals surface area contributed by atoms with Gasteiger partial charge < -0.3 is 21.0 Å². The van der Waals surface area contributed by atoms with Gasteiger partial charge >= 0.3 is 6.03 Å². The van der Waals surface area contributed by atoms with E-state index in [1.165, 1.54) is 6.20 Å². The number of urea groups is 1. The molecular formula is C24H29N5O2. The van der Waals surface area contributed by atoms with E-state index in [9.17, 15) is 9.59 Å². The minimum absolute atomic E-state index is 0.0603. The molecule has 0 saturated carbocycles. The molecule has 162 valence electrons. The van der Waals surface area contributed by atoms with Crippen LogP contribution in [-0.4, -0.2) is 34.8 Å². The molecule has 1 unspecified atom stereocenters. The van der Waals surface area contributed by atoms with Crippen molar-refractivity contribution in [2.75, 3.05) is 18.4 Å². The average Bonchev–Trinajstić information content (AvgIpc) is 3.06. The Kier molecular flexibility index (Phi) is 5.95. The summed E-state index contributed by atoms with van der Waals surface area (Å²) >= 11 is 0. The molecule has 2 heterocycles. The topological polar surface area (TPSA) is 105 Å². The summed E-state index contributed by atoms with van der Waals surface area (Å²) in [5, 5.41) is 4.53. The predicted octanol–water partition coefficient (Wildman–Crippen LogP) is 3.39. The number of carbonyl (C=O) groups excluding carboxylic acids is 2. The van der Waals surface area contributed by atoms with Crippen LogP contribution < -0.4 is 16.9 Å². The number of benzene rings is 2. The molecule has 2 aromatic rings. The zero-order valence-electron chi connectivity index (χ0n) is 17.8. The highest BCUT2D eigenvalue weighted by atomic mass is 16.2. The van der Waals surface area contributed by atoms with Crippen LogP contribution in [-0.2, 0) is 4.79 Å². The maximum absolute atomic E-state index is 13.1. The molecule has 2 aliphatic rings. The lowest BCUT2D eigenvalue weighted by Crippen LogP contribution is -2.43. The lowest BCUT2D eigenvalue weighted by atomic mass is 9.88. The molecule has 0 bridgehead atoms. The number of hydrogen-bond acceptors (Lipinski definition) is 5. The predicted molar refractivity (Wildman–Crippen MR) is 121 cm³/mol. The monoisotopic (exact) mass is 419 g/mol. The quantitative estimate of drug-likeness (QED) is 0.659. The van der Waals surface area contributed by atoms with Crippen molar-refractivity contribution < 1.29 is 9.59 Å². The van der Waals surface area contributed by atoms with Crippen LogP contribution >= 0.6 is 0 Å². The molecule has 1 atom stereocenters. The van der Waals surface area contributed by atoms with Gasteiger partial charge in [-0.15, -0.1) is 0 Å². The Morgan fingerprint density at radius 3 is 2.45 bits per heavy atom. The summed E-state index contributed by atoms with van der Waals surface area (Å²) in [6.45, 7) is 3.14. The third-order valence-electron chi connectivity index (χ3n) is 6.30. The number of amides is 2. The van der Waals surface area contributed by atoms with Crippen LogP contribution in [0.5, 0.6) is 0 Å². The van der Waals surface area contributed by atoms with E-state index in [0.717, 1.165) is 28.1 Å². The summed E-state index contributed by atoms with van der Waals surface area (Å²) in [6.07, 6.45) is 3.16. The first-order chi connectivity index (χ1) is 15.0. The summed E-state index contributed by atoms with van der Waals surface area (Å²) < 4.78 is 0. The van der Waals surface area contributed by atoms with Crippen molar-refractivity contribution in [2.45, 2.75) is 32.2 Å². The zero-order chi connectivity index (χ0) is 22.0. The molecular weight excluding hydrogens is 390 g/mol. The molecule has 2 aliphatic heterocycles. The fourth-order valence-corrected chi connectivity index (χ4v) is 4.46. The number of rotatable bonds is 4. The molecule has 2 aromatic carbocycles. The number of hydrazine groups is 1. The maximum atomic E-state index is 13.1. The summed E-state index contributed by atoms with van der Waals surface area (Å²) in [4.78, 5) is 27.4. The minimum Gasteiger partial charge on any atom is -0.403 e. The molecule has 1 fully saturated rings. The molecule has 0 spiro atoms. The second kappa shape index (κ2) is 8.81. The Hall–Kier alpha value is -3.32. The largest absolute Gasteiger partial charge is 0.403 e. The van der Waals surface area contributed by atoms with Gasteiger partial charge in [0.1, 0.15) is 5.78 Å². The molecule has 5 N–H and O–H groups in total. The highest BCUT2D eigenvalue weighted by Gasteiger charge is 2.35. The van der Waals surface area contributed by atoms with Crippen molar-refractivity contribution in [3.8, 4) is 0 Å². The van der Waals surface area contributed by atoms with Crippen molar-refractivity contribution in [1.29, 1.82) is 0 Å². The van der Waals surface area contributed by atoms with Gasteiger partial charge in [0.2, 0.25) is 0 Å². The van der Waals surface area contributed by atoms with Crippen LogP contribution in [0.3, 0.4) is 0 Å². The number of fused-ring (bicyclic) bond motifs is 1. The first kappa shape index (κ1) is 20.9. The van der Waals surface area contributed by atoms with E-state index in [2.05, 4.69) is 5.32 Å². The number of hydrogen-bond donors (Lipinski definition) is 3. The van der Waals surface area contributed by atoms with E-state index in [0.29, 0.717) is 32.4 Å². The zero-order valence-corrected chi connectivity index (χ0v) is 17.8. The molecule has 1 saturated heterocycles. The summed E-state index contributed by atoms with van der Waals surface area (Å²) in [5.41, 5.74) is 10.5. The number of aryl methyl sites for hydroxylation is 1. The van der Waals surface area contributed by atoms with E-state index in [4.69, 9.17) is 11.6 Å². The number of ketones is 1. The minimum atomic E-state index is -0.207. The van der Waals surface area contributed by atoms with Gasteiger partial charge in [-0.3, -0.25) is 4.79 Å². The lowest BCUT2D eigenvalue weighted by molar-refractivity contribution is -0.125. The highest BCUT2D eigenvalue weighted by Crippen LogP contribution is 2.41. The van der Waals surface area contributed by atoms with Crippen molar-refractivity contribution in [3.05, 3.63) is 71.4 Å². The Balaban J connectivity index is 1.33. The molecule has 0 radical (unpaired) electrons. The van der Waals surface area contributed by atoms with Crippen molar-refractivity contribution in [2.24, 2.45) is 17.5 Å². The van der Waals surface area contributed by atoms with Gasteiger partial charge in [0.15, 0.2) is 0 Å². The van der Waals surface area contributed by atoms with E-state index in [-0.39, 0.29) is 23.8 Å². The van der Waals surface area contributed by atoms with Gasteiger partial charge in [0.25, 0.3) is 0 Å². The smallest absolute Gasteiger partial charge is 0.321 e. The lowest BCUT2D eigenvalue weighted by Gasteiger charge is -2.32. The van der Waals surface area contributed by atoms with Gasteiger partial charge in [0, 0.05) is 42.9 Å². The summed E-state index contributed by atoms with van der Waals surface area (Å²) in [5.74, 6) is 6.40. The number of anilines is 1. The number of nitrogens with one attached hydrogen (secondary N) is 1. The van der Waals surface area contributed by atoms with Crippen LogP contribution in [0, 0.1) is 12.8 Å². The number of nitrogens with two attached hydrogens (primary N) is 2. The van der Waals surface area contributed by atoms with Crippen molar-refractivity contribution in [1.82, 2.24) is 9.91 Å². The Bertz CT molecular complexity index is 993. The van der Waals surface area contributed by atoms with Gasteiger partial charge in [-0.25, -0.2) is 10.6 Å². The van der Waals surface area contributed by atoms with E-state index >= 15 is 0 Å². The summed E-state index contributed by atoms with van der Waals surface area (Å²) in [7, 11) is 0. The number of piperidine rings is 1. The van der Waals surface area contributed by atoms with Crippen LogP contribution in [0.4, 0.5) is 10.5 Å². The highest BCUT2D eigenvalue weighted by molar-refractivity contribution is 5.90. The normalized spacial score (nSPS) is 20.1. The third kappa shape index (κ3) is 4.27. The Morgan fingerprint density at radius 2 is 1.77 bits per heavy atom. The van der Waals surface area contributed by atoms with Crippen LogP contribution in [0.15, 0.2) is 54.7 Å². The molecule has 0 aliphatic carbocycles. The molecule has 4 rings (SSSR count). The van der Waals surface area contributed by atoms with E-state index in [1.54, 1.807) is 9.91 Å². The third-order valence-corrected chi connectivity index (χ3v) is 6.30. The number of likely N-dealkylation sites (tertiary alicyclic amines) is 1. The first-order valence-corrected chi connectivity index (χ1v) is 10.7. The number of nitrogens with zero attached hydrogens (tertiary/aromatic N) is 2. The molecule has 7 nitrogen and oxygen atoms in total. The number of Topliss-reactive ketones (excluding diaryl/α,β-unsaturated/α-hetero) is 1. The Labute approximate surface area is 182 Å². The van der Waals surface area contributed by atoms with Gasteiger partial charge in [0.05, 0.1) is 11.7 Å². The van der Waals surface area contributed by atoms with Crippen molar-refractivity contribution >= 4 is 23.2 Å². The molecule has 7 heteroatoms. The van der Waals surface area contributed by atoms with Gasteiger partial charge in [-0.2, -0.15) is 0 Å². The molecule has 0 aromatic heterocycles. The number of carbonyl (C=O) groups is 2. The average molecular weight is 420 g/mol. The standard InChI is InChI=1S/C24H29N5O2/c1-16-6-8-18(9-7-16)27-24(31)28-12-10-17(11-13-28)23(30)14-21-19-4-2-3-5-20(19)22(15-25)29(21)26/h2-9,15,17,21H,10-14,25-26H2,1H3,(H,27,31)/b22-15-. The fourth-order valence-electron chi connectivity index (χ4n) is 4.46. The molecule has 2 amide bonds. The van der Waals surface area contributed by atoms with Crippen molar-refractivity contribution in [3.63, 3.8) is 0 Å². The van der Waals surface area contributed by atoms with Crippen LogP contribution in [0.2, 0.25) is 0 Å². The van der Waals surface area contributed by atoms with Crippen LogP contribution in [0.25, 0.3) is 5.70 Å². The second-order valence-corrected chi connectivity index (χ2v) is 8.29. The second-order valence-electron chi connectivity index (χ2n) is 8.29. The Morgan fingerprint density at radius 1 is 1.10 bits per heavy atom. The van der Waals surface area contributed by atoms with Gasteiger partial charge in [-0.1, -0.05) is 42.0 Å². The maximum Gasteiger partial charge on any atom is 0.321 e. The van der Waals surface area contributed by atoms with E-state index < -0.39 is 0 Å².